The monoisotopic (exact) mass is 566 g/mol. The molecule has 1 aliphatic heterocycles. The maximum absolute atomic E-state index is 14.0. The highest BCUT2D eigenvalue weighted by molar-refractivity contribution is 7.89. The SMILES string of the molecule is COc1ccccc1C1CN(S(=O)(=O)c2ccccc2)[C@H](C(=O)OCCc2cccc[n+]2[O-])C1OC1CCCC1. The molecule has 2 unspecified atom stereocenters. The van der Waals surface area contributed by atoms with E-state index in [-0.39, 0.29) is 30.6 Å². The first-order chi connectivity index (χ1) is 19.4. The van der Waals surface area contributed by atoms with Crippen molar-refractivity contribution in [2.24, 2.45) is 0 Å². The van der Waals surface area contributed by atoms with Crippen molar-refractivity contribution in [3.05, 3.63) is 95.5 Å². The topological polar surface area (TPSA) is 109 Å². The van der Waals surface area contributed by atoms with Crippen LogP contribution in [0.25, 0.3) is 0 Å². The van der Waals surface area contributed by atoms with Gasteiger partial charge in [-0.05, 0) is 31.0 Å². The summed E-state index contributed by atoms with van der Waals surface area (Å²) in [5.74, 6) is -0.568. The average molecular weight is 567 g/mol. The van der Waals surface area contributed by atoms with Gasteiger partial charge in [0.1, 0.15) is 18.4 Å². The fourth-order valence-corrected chi connectivity index (χ4v) is 7.32. The lowest BCUT2D eigenvalue weighted by molar-refractivity contribution is -0.614. The number of carbonyl (C=O) groups excluding carboxylic acids is 1. The Morgan fingerprint density at radius 2 is 1.70 bits per heavy atom. The molecule has 5 rings (SSSR count). The van der Waals surface area contributed by atoms with Crippen LogP contribution in [0.15, 0.2) is 83.9 Å². The third-order valence-corrected chi connectivity index (χ3v) is 9.54. The van der Waals surface area contributed by atoms with Crippen molar-refractivity contribution in [1.29, 1.82) is 0 Å². The van der Waals surface area contributed by atoms with Gasteiger partial charge >= 0.3 is 5.97 Å². The summed E-state index contributed by atoms with van der Waals surface area (Å²) >= 11 is 0. The Bertz CT molecular complexity index is 1410. The minimum atomic E-state index is -4.09. The van der Waals surface area contributed by atoms with Crippen LogP contribution in [-0.4, -0.2) is 57.2 Å². The van der Waals surface area contributed by atoms with Gasteiger partial charge in [0.25, 0.3) is 0 Å². The number of aromatic nitrogens is 1. The Labute approximate surface area is 234 Å². The van der Waals surface area contributed by atoms with Crippen molar-refractivity contribution >= 4 is 16.0 Å². The molecule has 2 aliphatic rings. The number of esters is 1. The molecule has 1 aliphatic carbocycles. The predicted molar refractivity (Wildman–Crippen MR) is 147 cm³/mol. The lowest BCUT2D eigenvalue weighted by Crippen LogP contribution is -2.47. The lowest BCUT2D eigenvalue weighted by atomic mass is 9.92. The van der Waals surface area contributed by atoms with Crippen LogP contribution in [0.3, 0.4) is 0 Å². The zero-order valence-corrected chi connectivity index (χ0v) is 23.2. The van der Waals surface area contributed by atoms with Crippen LogP contribution in [0.2, 0.25) is 0 Å². The molecule has 40 heavy (non-hydrogen) atoms. The Morgan fingerprint density at radius 3 is 2.42 bits per heavy atom. The number of nitrogens with zero attached hydrogens (tertiary/aromatic N) is 2. The van der Waals surface area contributed by atoms with E-state index in [1.807, 2.05) is 24.3 Å². The number of para-hydroxylation sites is 1. The van der Waals surface area contributed by atoms with E-state index < -0.39 is 34.1 Å². The standard InChI is InChI=1S/C30H34N2O7S/c1-37-27-17-8-7-16-25(27)26-21-32(40(35,36)24-14-3-2-4-15-24)28(29(26)39-23-12-5-6-13-23)30(33)38-20-18-22-11-9-10-19-31(22)34/h2-4,7-11,14-17,19,23,26,28-29H,5-6,12-13,18,20-21H2,1H3/t26?,28-,29?/m0/s1. The third kappa shape index (κ3) is 5.84. The van der Waals surface area contributed by atoms with E-state index in [1.165, 1.54) is 22.6 Å². The fourth-order valence-electron chi connectivity index (χ4n) is 5.69. The molecule has 0 amide bonds. The fraction of sp³-hybridized carbons (Fsp3) is 0.400. The number of benzene rings is 2. The summed E-state index contributed by atoms with van der Waals surface area (Å²) in [4.78, 5) is 13.9. The molecule has 2 heterocycles. The molecule has 0 bridgehead atoms. The van der Waals surface area contributed by atoms with Crippen molar-refractivity contribution in [3.63, 3.8) is 0 Å². The van der Waals surface area contributed by atoms with Gasteiger partial charge in [0.15, 0.2) is 11.9 Å². The highest BCUT2D eigenvalue weighted by Crippen LogP contribution is 2.43. The number of hydrogen-bond acceptors (Lipinski definition) is 7. The molecule has 0 spiro atoms. The first kappa shape index (κ1) is 28.1. The van der Waals surface area contributed by atoms with Gasteiger partial charge in [-0.2, -0.15) is 9.04 Å². The van der Waals surface area contributed by atoms with Gasteiger partial charge in [-0.25, -0.2) is 8.42 Å². The van der Waals surface area contributed by atoms with E-state index in [0.717, 1.165) is 36.0 Å². The van der Waals surface area contributed by atoms with Crippen molar-refractivity contribution in [2.45, 2.75) is 61.2 Å². The first-order valence-corrected chi connectivity index (χ1v) is 15.0. The molecule has 3 aromatic rings. The number of sulfonamides is 1. The largest absolute Gasteiger partial charge is 0.619 e. The van der Waals surface area contributed by atoms with Crippen LogP contribution in [0.4, 0.5) is 0 Å². The number of ether oxygens (including phenoxy) is 3. The van der Waals surface area contributed by atoms with Crippen LogP contribution in [0.1, 0.15) is 42.9 Å². The van der Waals surface area contributed by atoms with E-state index >= 15 is 0 Å². The summed E-state index contributed by atoms with van der Waals surface area (Å²) in [6.07, 6.45) is 4.44. The van der Waals surface area contributed by atoms with Crippen molar-refractivity contribution in [1.82, 2.24) is 4.31 Å². The average Bonchev–Trinajstić information content (AvgIpc) is 3.63. The zero-order valence-electron chi connectivity index (χ0n) is 22.4. The van der Waals surface area contributed by atoms with Gasteiger partial charge in [-0.15, -0.1) is 0 Å². The van der Waals surface area contributed by atoms with Gasteiger partial charge in [0.2, 0.25) is 10.0 Å². The molecule has 10 heteroatoms. The second-order valence-corrected chi connectivity index (χ2v) is 12.0. The Kier molecular flexibility index (Phi) is 8.68. The van der Waals surface area contributed by atoms with E-state index in [9.17, 15) is 18.4 Å². The van der Waals surface area contributed by atoms with Crippen molar-refractivity contribution < 1.29 is 32.2 Å². The smallest absolute Gasteiger partial charge is 0.327 e. The molecule has 212 valence electrons. The molecule has 0 N–H and O–H groups in total. The molecule has 2 aromatic carbocycles. The van der Waals surface area contributed by atoms with Crippen LogP contribution in [-0.2, 0) is 30.7 Å². The van der Waals surface area contributed by atoms with Crippen LogP contribution in [0, 0.1) is 5.21 Å². The molecule has 3 atom stereocenters. The van der Waals surface area contributed by atoms with E-state index in [1.54, 1.807) is 43.5 Å². The summed E-state index contributed by atoms with van der Waals surface area (Å²) < 4.78 is 47.8. The number of carbonyl (C=O) groups is 1. The summed E-state index contributed by atoms with van der Waals surface area (Å²) in [6.45, 7) is -0.0513. The van der Waals surface area contributed by atoms with Gasteiger partial charge in [0, 0.05) is 30.2 Å². The normalized spacial score (nSPS) is 21.9. The minimum absolute atomic E-state index is 0.0218. The van der Waals surface area contributed by atoms with E-state index in [0.29, 0.717) is 11.4 Å². The van der Waals surface area contributed by atoms with Gasteiger partial charge in [-0.3, -0.25) is 4.79 Å². The molecular weight excluding hydrogens is 532 g/mol. The van der Waals surface area contributed by atoms with Crippen molar-refractivity contribution in [3.8, 4) is 5.75 Å². The predicted octanol–water partition coefficient (Wildman–Crippen LogP) is 3.60. The van der Waals surface area contributed by atoms with Crippen LogP contribution >= 0.6 is 0 Å². The molecule has 9 nitrogen and oxygen atoms in total. The maximum Gasteiger partial charge on any atom is 0.327 e. The van der Waals surface area contributed by atoms with Crippen LogP contribution < -0.4 is 9.47 Å². The Morgan fingerprint density at radius 1 is 1.00 bits per heavy atom. The van der Waals surface area contributed by atoms with E-state index in [2.05, 4.69) is 0 Å². The minimum Gasteiger partial charge on any atom is -0.619 e. The Hall–Kier alpha value is -3.47. The van der Waals surface area contributed by atoms with Gasteiger partial charge in [-0.1, -0.05) is 55.3 Å². The number of hydrogen-bond donors (Lipinski definition) is 0. The first-order valence-electron chi connectivity index (χ1n) is 13.6. The van der Waals surface area contributed by atoms with Crippen LogP contribution in [0.5, 0.6) is 5.75 Å². The third-order valence-electron chi connectivity index (χ3n) is 7.68. The van der Waals surface area contributed by atoms with Gasteiger partial charge < -0.3 is 19.4 Å². The summed E-state index contributed by atoms with van der Waals surface area (Å²) in [5, 5.41) is 12.1. The second kappa shape index (κ2) is 12.4. The van der Waals surface area contributed by atoms with Gasteiger partial charge in [0.05, 0.1) is 30.6 Å². The molecule has 0 radical (unpaired) electrons. The summed E-state index contributed by atoms with van der Waals surface area (Å²) in [6, 6.07) is 19.3. The molecule has 1 saturated carbocycles. The molecular formula is C30H34N2O7S. The summed E-state index contributed by atoms with van der Waals surface area (Å²) in [7, 11) is -2.52. The highest BCUT2D eigenvalue weighted by Gasteiger charge is 2.54. The zero-order chi connectivity index (χ0) is 28.1. The van der Waals surface area contributed by atoms with Crippen molar-refractivity contribution in [2.75, 3.05) is 20.3 Å². The molecule has 1 saturated heterocycles. The molecule has 2 fully saturated rings. The van der Waals surface area contributed by atoms with E-state index in [4.69, 9.17) is 14.2 Å². The number of methoxy groups -OCH3 is 1. The lowest BCUT2D eigenvalue weighted by Gasteiger charge is -2.29. The maximum atomic E-state index is 14.0. The number of rotatable bonds is 10. The highest BCUT2D eigenvalue weighted by atomic mass is 32.2. The number of pyridine rings is 1. The quantitative estimate of drug-likeness (QED) is 0.210. The second-order valence-electron chi connectivity index (χ2n) is 10.1. The Balaban J connectivity index is 1.51. The molecule has 1 aromatic heterocycles. The summed E-state index contributed by atoms with van der Waals surface area (Å²) in [5.41, 5.74) is 1.22.